The highest BCUT2D eigenvalue weighted by atomic mass is 16.5. The van der Waals surface area contributed by atoms with Crippen LogP contribution in [-0.2, 0) is 9.59 Å². The number of nitrogens with zero attached hydrogens (tertiary/aromatic N) is 1. The number of nitrogens with one attached hydrogen (secondary N) is 2. The van der Waals surface area contributed by atoms with Crippen molar-refractivity contribution in [2.24, 2.45) is 11.8 Å². The number of rotatable bonds is 9. The predicted octanol–water partition coefficient (Wildman–Crippen LogP) is 2.99. The highest BCUT2D eigenvalue weighted by molar-refractivity contribution is 5.97. The molecule has 31 heavy (non-hydrogen) atoms. The maximum atomic E-state index is 13.0. The molecule has 3 amide bonds. The first-order valence-electron chi connectivity index (χ1n) is 11.3. The van der Waals surface area contributed by atoms with Crippen LogP contribution in [0.4, 0.5) is 0 Å². The minimum absolute atomic E-state index is 0.0191. The van der Waals surface area contributed by atoms with Crippen molar-refractivity contribution in [3.63, 3.8) is 0 Å². The van der Waals surface area contributed by atoms with Crippen LogP contribution in [0, 0.1) is 11.8 Å². The van der Waals surface area contributed by atoms with E-state index in [9.17, 15) is 14.4 Å². The lowest BCUT2D eigenvalue weighted by atomic mass is 9.88. The smallest absolute Gasteiger partial charge is 0.251 e. The molecule has 1 aromatic rings. The summed E-state index contributed by atoms with van der Waals surface area (Å²) in [5.41, 5.74) is 0.478. The Bertz CT molecular complexity index is 740. The molecule has 0 bridgehead atoms. The third-order valence-electron chi connectivity index (χ3n) is 5.87. The van der Waals surface area contributed by atoms with Gasteiger partial charge in [0.1, 0.15) is 11.8 Å². The van der Waals surface area contributed by atoms with E-state index in [2.05, 4.69) is 10.6 Å². The Morgan fingerprint density at radius 3 is 2.19 bits per heavy atom. The van der Waals surface area contributed by atoms with Gasteiger partial charge in [-0.1, -0.05) is 20.8 Å². The number of benzene rings is 1. The van der Waals surface area contributed by atoms with Crippen molar-refractivity contribution in [2.75, 3.05) is 20.2 Å². The third-order valence-corrected chi connectivity index (χ3v) is 5.87. The monoisotopic (exact) mass is 431 g/mol. The summed E-state index contributed by atoms with van der Waals surface area (Å²) in [6.07, 6.45) is 2.72. The van der Waals surface area contributed by atoms with Gasteiger partial charge in [-0.15, -0.1) is 0 Å². The molecule has 1 aliphatic rings. The van der Waals surface area contributed by atoms with Gasteiger partial charge in [-0.05, 0) is 62.3 Å². The molecular weight excluding hydrogens is 394 g/mol. The van der Waals surface area contributed by atoms with Gasteiger partial charge < -0.3 is 20.3 Å². The molecule has 0 saturated carbocycles. The van der Waals surface area contributed by atoms with E-state index in [-0.39, 0.29) is 29.7 Å². The van der Waals surface area contributed by atoms with Crippen LogP contribution in [0.15, 0.2) is 24.3 Å². The number of likely N-dealkylation sites (tertiary alicyclic amines) is 1. The van der Waals surface area contributed by atoms with E-state index in [1.807, 2.05) is 32.6 Å². The summed E-state index contributed by atoms with van der Waals surface area (Å²) in [5.74, 6) is 0.684. The fourth-order valence-corrected chi connectivity index (χ4v) is 3.76. The molecule has 0 unspecified atom stereocenters. The second-order valence-corrected chi connectivity index (χ2v) is 8.81. The summed E-state index contributed by atoms with van der Waals surface area (Å²) in [4.78, 5) is 40.1. The maximum Gasteiger partial charge on any atom is 0.251 e. The predicted molar refractivity (Wildman–Crippen MR) is 121 cm³/mol. The lowest BCUT2D eigenvalue weighted by Crippen LogP contribution is -2.55. The van der Waals surface area contributed by atoms with E-state index in [4.69, 9.17) is 4.74 Å². The standard InChI is InChI=1S/C24H37N3O4/c1-6-17(4)25-24(30)22(26-23(29)19-7-9-20(31-5)10-8-19)18-11-13-27(14-12-18)21(28)15-16(2)3/h7-10,16-18,22H,6,11-15H2,1-5H3,(H,25,30)(H,26,29)/t17-,22+/m1/s1. The second kappa shape index (κ2) is 11.7. The highest BCUT2D eigenvalue weighted by Gasteiger charge is 2.34. The molecule has 1 heterocycles. The van der Waals surface area contributed by atoms with Crippen molar-refractivity contribution < 1.29 is 19.1 Å². The van der Waals surface area contributed by atoms with Gasteiger partial charge in [0.2, 0.25) is 11.8 Å². The summed E-state index contributed by atoms with van der Waals surface area (Å²) < 4.78 is 5.14. The molecule has 2 N–H and O–H groups in total. The Labute approximate surface area is 185 Å². The van der Waals surface area contributed by atoms with Crippen LogP contribution in [0.2, 0.25) is 0 Å². The van der Waals surface area contributed by atoms with Gasteiger partial charge in [-0.25, -0.2) is 0 Å². The molecule has 1 saturated heterocycles. The van der Waals surface area contributed by atoms with Crippen LogP contribution >= 0.6 is 0 Å². The molecule has 0 radical (unpaired) electrons. The maximum absolute atomic E-state index is 13.0. The molecule has 0 aromatic heterocycles. The fraction of sp³-hybridized carbons (Fsp3) is 0.625. The number of carbonyl (C=O) groups is 3. The Kier molecular flexibility index (Phi) is 9.34. The molecule has 1 fully saturated rings. The minimum atomic E-state index is -0.633. The van der Waals surface area contributed by atoms with Gasteiger partial charge in [-0.3, -0.25) is 14.4 Å². The zero-order chi connectivity index (χ0) is 23.0. The molecule has 7 heteroatoms. The van der Waals surface area contributed by atoms with Crippen LogP contribution < -0.4 is 15.4 Å². The molecule has 0 aliphatic carbocycles. The van der Waals surface area contributed by atoms with Gasteiger partial charge in [0.25, 0.3) is 5.91 Å². The second-order valence-electron chi connectivity index (χ2n) is 8.81. The molecule has 172 valence electrons. The zero-order valence-electron chi connectivity index (χ0n) is 19.4. The third kappa shape index (κ3) is 7.26. The SMILES string of the molecule is CC[C@@H](C)NC(=O)[C@@H](NC(=O)c1ccc(OC)cc1)C1CCN(C(=O)CC(C)C)CC1. The van der Waals surface area contributed by atoms with Crippen molar-refractivity contribution in [3.8, 4) is 5.75 Å². The zero-order valence-corrected chi connectivity index (χ0v) is 19.4. The van der Waals surface area contributed by atoms with Gasteiger partial charge in [-0.2, -0.15) is 0 Å². The number of ether oxygens (including phenoxy) is 1. The van der Waals surface area contributed by atoms with Crippen LogP contribution in [0.25, 0.3) is 0 Å². The van der Waals surface area contributed by atoms with Crippen molar-refractivity contribution in [1.82, 2.24) is 15.5 Å². The van der Waals surface area contributed by atoms with E-state index in [1.54, 1.807) is 31.4 Å². The lowest BCUT2D eigenvalue weighted by Gasteiger charge is -2.36. The number of hydrogen-bond acceptors (Lipinski definition) is 4. The fourth-order valence-electron chi connectivity index (χ4n) is 3.76. The lowest BCUT2D eigenvalue weighted by molar-refractivity contribution is -0.133. The first-order chi connectivity index (χ1) is 14.7. The average molecular weight is 432 g/mol. The first-order valence-corrected chi connectivity index (χ1v) is 11.3. The van der Waals surface area contributed by atoms with Crippen molar-refractivity contribution in [1.29, 1.82) is 0 Å². The Hall–Kier alpha value is -2.57. The Morgan fingerprint density at radius 1 is 1.06 bits per heavy atom. The summed E-state index contributed by atoms with van der Waals surface area (Å²) in [6.45, 7) is 9.26. The summed E-state index contributed by atoms with van der Waals surface area (Å²) >= 11 is 0. The molecular formula is C24H37N3O4. The van der Waals surface area contributed by atoms with Gasteiger partial charge in [0.15, 0.2) is 0 Å². The first kappa shape index (κ1) is 24.7. The number of amides is 3. The molecule has 0 spiro atoms. The van der Waals surface area contributed by atoms with E-state index < -0.39 is 6.04 Å². The Morgan fingerprint density at radius 2 is 1.68 bits per heavy atom. The number of carbonyl (C=O) groups excluding carboxylic acids is 3. The van der Waals surface area contributed by atoms with Crippen molar-refractivity contribution in [2.45, 2.75) is 65.5 Å². The van der Waals surface area contributed by atoms with Gasteiger partial charge >= 0.3 is 0 Å². The number of methoxy groups -OCH3 is 1. The van der Waals surface area contributed by atoms with Crippen LogP contribution in [0.5, 0.6) is 5.75 Å². The van der Waals surface area contributed by atoms with Crippen molar-refractivity contribution >= 4 is 17.7 Å². The van der Waals surface area contributed by atoms with E-state index in [0.717, 1.165) is 6.42 Å². The van der Waals surface area contributed by atoms with Crippen LogP contribution in [0.3, 0.4) is 0 Å². The molecule has 2 rings (SSSR count). The van der Waals surface area contributed by atoms with Gasteiger partial charge in [0, 0.05) is 31.1 Å². The summed E-state index contributed by atoms with van der Waals surface area (Å²) in [6, 6.07) is 6.21. The van der Waals surface area contributed by atoms with Crippen LogP contribution in [0.1, 0.15) is 63.7 Å². The average Bonchev–Trinajstić information content (AvgIpc) is 2.76. The minimum Gasteiger partial charge on any atom is -0.497 e. The normalized spacial score (nSPS) is 16.5. The summed E-state index contributed by atoms with van der Waals surface area (Å²) in [7, 11) is 1.57. The number of piperidine rings is 1. The topological polar surface area (TPSA) is 87.7 Å². The van der Waals surface area contributed by atoms with Crippen LogP contribution in [-0.4, -0.2) is 54.9 Å². The molecule has 2 atom stereocenters. The van der Waals surface area contributed by atoms with E-state index in [1.165, 1.54) is 0 Å². The molecule has 1 aliphatic heterocycles. The quantitative estimate of drug-likeness (QED) is 0.629. The van der Waals surface area contributed by atoms with E-state index >= 15 is 0 Å². The number of hydrogen-bond donors (Lipinski definition) is 2. The largest absolute Gasteiger partial charge is 0.497 e. The van der Waals surface area contributed by atoms with Crippen molar-refractivity contribution in [3.05, 3.63) is 29.8 Å². The highest BCUT2D eigenvalue weighted by Crippen LogP contribution is 2.23. The molecule has 7 nitrogen and oxygen atoms in total. The summed E-state index contributed by atoms with van der Waals surface area (Å²) in [5, 5.41) is 5.96. The Balaban J connectivity index is 2.09. The van der Waals surface area contributed by atoms with Gasteiger partial charge in [0.05, 0.1) is 7.11 Å². The molecule has 1 aromatic carbocycles. The van der Waals surface area contributed by atoms with E-state index in [0.29, 0.717) is 49.6 Å².